The van der Waals surface area contributed by atoms with Gasteiger partial charge in [-0.2, -0.15) is 0 Å². The summed E-state index contributed by atoms with van der Waals surface area (Å²) in [4.78, 5) is 12.0. The standard InChI is InChI=1S/C19H14O2/c1-3-14-21-18-11-9-17(10-12-18)19(20)13-8-16-6-4-15(2)5-7-16/h1,4-7,9-12H,14H2,2H3. The van der Waals surface area contributed by atoms with Crippen molar-refractivity contribution in [2.45, 2.75) is 6.92 Å². The van der Waals surface area contributed by atoms with Crippen molar-refractivity contribution >= 4 is 5.78 Å². The fourth-order valence-electron chi connectivity index (χ4n) is 1.67. The van der Waals surface area contributed by atoms with Crippen LogP contribution in [0, 0.1) is 31.1 Å². The molecule has 0 aliphatic heterocycles. The summed E-state index contributed by atoms with van der Waals surface area (Å²) in [6.45, 7) is 2.21. The zero-order chi connectivity index (χ0) is 15.1. The molecule has 0 atom stereocenters. The number of ketones is 1. The van der Waals surface area contributed by atoms with Gasteiger partial charge in [-0.1, -0.05) is 29.5 Å². The van der Waals surface area contributed by atoms with Crippen LogP contribution in [0.2, 0.25) is 0 Å². The van der Waals surface area contributed by atoms with Gasteiger partial charge in [-0.3, -0.25) is 4.79 Å². The van der Waals surface area contributed by atoms with Gasteiger partial charge in [0.1, 0.15) is 12.4 Å². The third kappa shape index (κ3) is 4.27. The van der Waals surface area contributed by atoms with Crippen LogP contribution in [-0.4, -0.2) is 12.4 Å². The van der Waals surface area contributed by atoms with Crippen molar-refractivity contribution in [3.8, 4) is 29.9 Å². The minimum Gasteiger partial charge on any atom is -0.481 e. The number of Topliss-reactive ketones (excluding diaryl/α,β-unsaturated/α-hetero) is 1. The molecule has 21 heavy (non-hydrogen) atoms. The van der Waals surface area contributed by atoms with Crippen LogP contribution >= 0.6 is 0 Å². The second-order valence-electron chi connectivity index (χ2n) is 4.46. The Bertz CT molecular complexity index is 720. The van der Waals surface area contributed by atoms with Crippen molar-refractivity contribution in [3.63, 3.8) is 0 Å². The third-order valence-corrected chi connectivity index (χ3v) is 2.81. The summed E-state index contributed by atoms with van der Waals surface area (Å²) < 4.78 is 5.25. The molecule has 102 valence electrons. The lowest BCUT2D eigenvalue weighted by Crippen LogP contribution is -1.97. The van der Waals surface area contributed by atoms with Gasteiger partial charge in [0.25, 0.3) is 0 Å². The molecule has 0 aliphatic rings. The van der Waals surface area contributed by atoms with Crippen LogP contribution in [0.3, 0.4) is 0 Å². The predicted octanol–water partition coefficient (Wildman–Crippen LogP) is 3.24. The lowest BCUT2D eigenvalue weighted by molar-refractivity contribution is 0.105. The van der Waals surface area contributed by atoms with Gasteiger partial charge < -0.3 is 4.74 Å². The predicted molar refractivity (Wildman–Crippen MR) is 83.2 cm³/mol. The van der Waals surface area contributed by atoms with E-state index in [1.54, 1.807) is 24.3 Å². The number of benzene rings is 2. The molecular weight excluding hydrogens is 260 g/mol. The molecular formula is C19H14O2. The molecule has 0 spiro atoms. The van der Waals surface area contributed by atoms with E-state index in [4.69, 9.17) is 11.2 Å². The molecule has 0 radical (unpaired) electrons. The molecule has 0 bridgehead atoms. The zero-order valence-electron chi connectivity index (χ0n) is 11.7. The Morgan fingerprint density at radius 2 is 1.76 bits per heavy atom. The average Bonchev–Trinajstić information content (AvgIpc) is 2.52. The molecule has 2 heteroatoms. The largest absolute Gasteiger partial charge is 0.481 e. The van der Waals surface area contributed by atoms with E-state index in [1.807, 2.05) is 31.2 Å². The van der Waals surface area contributed by atoms with Crippen molar-refractivity contribution in [1.29, 1.82) is 0 Å². The van der Waals surface area contributed by atoms with Crippen molar-refractivity contribution in [3.05, 3.63) is 65.2 Å². The number of aryl methyl sites for hydroxylation is 1. The first-order valence-electron chi connectivity index (χ1n) is 6.48. The molecule has 0 aromatic heterocycles. The Morgan fingerprint density at radius 3 is 2.38 bits per heavy atom. The van der Waals surface area contributed by atoms with Gasteiger partial charge in [0.15, 0.2) is 0 Å². The van der Waals surface area contributed by atoms with E-state index in [2.05, 4.69) is 17.8 Å². The topological polar surface area (TPSA) is 26.3 Å². The normalized spacial score (nSPS) is 9.14. The number of terminal acetylenes is 1. The Labute approximate surface area is 124 Å². The summed E-state index contributed by atoms with van der Waals surface area (Å²) in [5.74, 6) is 8.29. The maximum Gasteiger partial charge on any atom is 0.236 e. The molecule has 2 aromatic rings. The molecule has 0 aliphatic carbocycles. The summed E-state index contributed by atoms with van der Waals surface area (Å²) in [6.07, 6.45) is 5.11. The van der Waals surface area contributed by atoms with Crippen LogP contribution in [0.15, 0.2) is 48.5 Å². The van der Waals surface area contributed by atoms with Crippen LogP contribution in [-0.2, 0) is 0 Å². The summed E-state index contributed by atoms with van der Waals surface area (Å²) in [7, 11) is 0. The first-order valence-corrected chi connectivity index (χ1v) is 6.48. The van der Waals surface area contributed by atoms with Crippen LogP contribution in [0.25, 0.3) is 0 Å². The van der Waals surface area contributed by atoms with Gasteiger partial charge in [0, 0.05) is 11.1 Å². The highest BCUT2D eigenvalue weighted by atomic mass is 16.5. The van der Waals surface area contributed by atoms with Gasteiger partial charge in [0.2, 0.25) is 5.78 Å². The third-order valence-electron chi connectivity index (χ3n) is 2.81. The van der Waals surface area contributed by atoms with E-state index >= 15 is 0 Å². The molecule has 2 nitrogen and oxygen atoms in total. The summed E-state index contributed by atoms with van der Waals surface area (Å²) in [6, 6.07) is 14.5. The van der Waals surface area contributed by atoms with Crippen LogP contribution in [0.1, 0.15) is 21.5 Å². The Morgan fingerprint density at radius 1 is 1.10 bits per heavy atom. The molecule has 0 fully saturated rings. The fourth-order valence-corrected chi connectivity index (χ4v) is 1.67. The fraction of sp³-hybridized carbons (Fsp3) is 0.105. The maximum absolute atomic E-state index is 12.0. The summed E-state index contributed by atoms with van der Waals surface area (Å²) in [5.41, 5.74) is 2.51. The number of rotatable bonds is 3. The van der Waals surface area contributed by atoms with E-state index in [9.17, 15) is 4.79 Å². The van der Waals surface area contributed by atoms with Crippen LogP contribution < -0.4 is 4.74 Å². The Balaban J connectivity index is 2.07. The number of ether oxygens (including phenoxy) is 1. The molecule has 0 N–H and O–H groups in total. The number of hydrogen-bond acceptors (Lipinski definition) is 2. The molecule has 2 aromatic carbocycles. The van der Waals surface area contributed by atoms with E-state index in [0.29, 0.717) is 11.3 Å². The van der Waals surface area contributed by atoms with Gasteiger partial charge in [-0.25, -0.2) is 0 Å². The van der Waals surface area contributed by atoms with Crippen molar-refractivity contribution in [2.24, 2.45) is 0 Å². The quantitative estimate of drug-likeness (QED) is 0.634. The Hall–Kier alpha value is -2.97. The molecule has 0 saturated heterocycles. The second kappa shape index (κ2) is 6.98. The SMILES string of the molecule is C#CCOc1ccc(C(=O)C#Cc2ccc(C)cc2)cc1. The monoisotopic (exact) mass is 274 g/mol. The van der Waals surface area contributed by atoms with Gasteiger partial charge in [-0.05, 0) is 49.2 Å². The van der Waals surface area contributed by atoms with Crippen LogP contribution in [0.4, 0.5) is 0 Å². The molecule has 0 unspecified atom stereocenters. The zero-order valence-corrected chi connectivity index (χ0v) is 11.7. The van der Waals surface area contributed by atoms with Crippen molar-refractivity contribution in [2.75, 3.05) is 6.61 Å². The van der Waals surface area contributed by atoms with Gasteiger partial charge >= 0.3 is 0 Å². The first kappa shape index (κ1) is 14.4. The molecule has 2 rings (SSSR count). The maximum atomic E-state index is 12.0. The minimum atomic E-state index is -0.223. The van der Waals surface area contributed by atoms with Crippen molar-refractivity contribution in [1.82, 2.24) is 0 Å². The van der Waals surface area contributed by atoms with Crippen molar-refractivity contribution < 1.29 is 9.53 Å². The van der Waals surface area contributed by atoms with E-state index < -0.39 is 0 Å². The highest BCUT2D eigenvalue weighted by Crippen LogP contribution is 2.12. The highest BCUT2D eigenvalue weighted by molar-refractivity contribution is 6.09. The van der Waals surface area contributed by atoms with E-state index in [0.717, 1.165) is 11.1 Å². The molecule has 0 amide bonds. The highest BCUT2D eigenvalue weighted by Gasteiger charge is 2.02. The minimum absolute atomic E-state index is 0.209. The van der Waals surface area contributed by atoms with E-state index in [1.165, 1.54) is 0 Å². The lowest BCUT2D eigenvalue weighted by Gasteiger charge is -2.01. The molecule has 0 saturated carbocycles. The summed E-state index contributed by atoms with van der Waals surface area (Å²) >= 11 is 0. The lowest BCUT2D eigenvalue weighted by atomic mass is 10.1. The smallest absolute Gasteiger partial charge is 0.236 e. The average molecular weight is 274 g/mol. The number of carbonyl (C=O) groups is 1. The number of hydrogen-bond donors (Lipinski definition) is 0. The first-order chi connectivity index (χ1) is 10.2. The van der Waals surface area contributed by atoms with Gasteiger partial charge in [-0.15, -0.1) is 6.42 Å². The second-order valence-corrected chi connectivity index (χ2v) is 4.46. The van der Waals surface area contributed by atoms with E-state index in [-0.39, 0.29) is 12.4 Å². The Kier molecular flexibility index (Phi) is 4.80. The molecule has 0 heterocycles. The summed E-state index contributed by atoms with van der Waals surface area (Å²) in [5, 5.41) is 0. The van der Waals surface area contributed by atoms with Crippen LogP contribution in [0.5, 0.6) is 5.75 Å². The van der Waals surface area contributed by atoms with Gasteiger partial charge in [0.05, 0.1) is 0 Å². The number of carbonyl (C=O) groups excluding carboxylic acids is 1.